The third-order valence-electron chi connectivity index (χ3n) is 4.57. The van der Waals surface area contributed by atoms with Crippen molar-refractivity contribution in [2.24, 2.45) is 11.7 Å². The third-order valence-corrected chi connectivity index (χ3v) is 4.57. The van der Waals surface area contributed by atoms with Gasteiger partial charge in [0, 0.05) is 12.0 Å². The van der Waals surface area contributed by atoms with Gasteiger partial charge in [-0.15, -0.1) is 0 Å². The van der Waals surface area contributed by atoms with Crippen LogP contribution in [0.4, 0.5) is 0 Å². The number of hydrogen-bond donors (Lipinski definition) is 2. The van der Waals surface area contributed by atoms with Crippen molar-refractivity contribution in [2.75, 3.05) is 0 Å². The molecule has 122 valence electrons. The van der Waals surface area contributed by atoms with Crippen molar-refractivity contribution in [3.8, 4) is 0 Å². The first-order valence-electron chi connectivity index (χ1n) is 7.92. The average Bonchev–Trinajstić information content (AvgIpc) is 3.17. The molecule has 1 unspecified atom stereocenters. The number of rotatable bonds is 5. The summed E-state index contributed by atoms with van der Waals surface area (Å²) in [4.78, 5) is 11.8. The number of carbonyl (C=O) groups is 1. The maximum absolute atomic E-state index is 11.8. The summed E-state index contributed by atoms with van der Waals surface area (Å²) in [7, 11) is -0.481. The first-order valence-corrected chi connectivity index (χ1v) is 7.92. The first kappa shape index (κ1) is 17.1. The number of hydrogen-bond acceptors (Lipinski definition) is 4. The molecule has 2 fully saturated rings. The van der Waals surface area contributed by atoms with Gasteiger partial charge in [-0.05, 0) is 65.2 Å². The van der Waals surface area contributed by atoms with Crippen molar-refractivity contribution in [3.05, 3.63) is 23.8 Å². The van der Waals surface area contributed by atoms with Crippen molar-refractivity contribution >= 4 is 13.0 Å². The zero-order valence-electron chi connectivity index (χ0n) is 14.2. The van der Waals surface area contributed by atoms with Gasteiger partial charge in [-0.25, -0.2) is 0 Å². The number of carbonyl (C=O) groups excluding carboxylic acids is 1. The lowest BCUT2D eigenvalue weighted by Gasteiger charge is -2.32. The second kappa shape index (κ2) is 6.09. The number of nitrogens with two attached hydrogens (primary N) is 1. The van der Waals surface area contributed by atoms with Crippen LogP contribution < -0.4 is 11.1 Å². The Labute approximate surface area is 133 Å². The molecule has 1 aliphatic carbocycles. The third kappa shape index (κ3) is 3.73. The van der Waals surface area contributed by atoms with Gasteiger partial charge in [0.2, 0.25) is 5.91 Å². The summed E-state index contributed by atoms with van der Waals surface area (Å²) in [5.74, 6) is 0.315. The van der Waals surface area contributed by atoms with E-state index in [1.165, 1.54) is 6.20 Å². The minimum Gasteiger partial charge on any atom is -0.405 e. The highest BCUT2D eigenvalue weighted by Gasteiger charge is 2.52. The van der Waals surface area contributed by atoms with Gasteiger partial charge in [-0.1, -0.05) is 6.08 Å². The summed E-state index contributed by atoms with van der Waals surface area (Å²) in [5.41, 5.74) is 5.57. The Balaban J connectivity index is 2.09. The van der Waals surface area contributed by atoms with E-state index in [4.69, 9.17) is 15.0 Å². The summed E-state index contributed by atoms with van der Waals surface area (Å²) < 4.78 is 12.1. The maximum Gasteiger partial charge on any atom is 0.494 e. The van der Waals surface area contributed by atoms with Crippen LogP contribution in [0.3, 0.4) is 0 Å². The van der Waals surface area contributed by atoms with E-state index in [0.29, 0.717) is 0 Å². The van der Waals surface area contributed by atoms with Crippen molar-refractivity contribution < 1.29 is 14.1 Å². The Morgan fingerprint density at radius 2 is 1.82 bits per heavy atom. The van der Waals surface area contributed by atoms with Crippen LogP contribution in [0.15, 0.2) is 23.8 Å². The Kier molecular flexibility index (Phi) is 4.73. The molecule has 2 rings (SSSR count). The number of allylic oxidation sites excluding steroid dienone is 2. The lowest BCUT2D eigenvalue weighted by Crippen LogP contribution is -2.41. The van der Waals surface area contributed by atoms with Crippen molar-refractivity contribution in [2.45, 2.75) is 64.7 Å². The molecule has 2 aliphatic rings. The molecule has 6 heteroatoms. The largest absolute Gasteiger partial charge is 0.494 e. The van der Waals surface area contributed by atoms with Crippen LogP contribution in [0.5, 0.6) is 0 Å². The normalized spacial score (nSPS) is 25.5. The molecule has 0 spiro atoms. The fourth-order valence-electron chi connectivity index (χ4n) is 2.32. The molecule has 0 aromatic rings. The second-order valence-electron chi connectivity index (χ2n) is 7.19. The Bertz CT molecular complexity index is 480. The number of amides is 1. The molecule has 1 atom stereocenters. The van der Waals surface area contributed by atoms with Crippen LogP contribution in [0.25, 0.3) is 0 Å². The van der Waals surface area contributed by atoms with Gasteiger partial charge in [-0.3, -0.25) is 4.79 Å². The summed E-state index contributed by atoms with van der Waals surface area (Å²) in [6.45, 7) is 9.98. The maximum atomic E-state index is 11.8. The summed E-state index contributed by atoms with van der Waals surface area (Å²) in [6, 6.07) is -0.0988. The zero-order chi connectivity index (χ0) is 16.5. The minimum absolute atomic E-state index is 0.0988. The average molecular weight is 306 g/mol. The molecule has 1 saturated carbocycles. The summed E-state index contributed by atoms with van der Waals surface area (Å²) in [5, 5.41) is 2.99. The molecule has 1 aliphatic heterocycles. The molecule has 3 N–H and O–H groups in total. The molecule has 0 radical (unpaired) electrons. The van der Waals surface area contributed by atoms with Gasteiger partial charge in [-0.2, -0.15) is 0 Å². The number of nitrogens with one attached hydrogen (secondary N) is 1. The SMILES string of the molecule is CC(/C=C(\C=C/N)B1OC(C)(C)C(C)(C)O1)NC(=O)C1CC1. The molecule has 1 saturated heterocycles. The Hall–Kier alpha value is -1.27. The van der Waals surface area contributed by atoms with Gasteiger partial charge >= 0.3 is 7.12 Å². The smallest absolute Gasteiger partial charge is 0.405 e. The van der Waals surface area contributed by atoms with Crippen LogP contribution in [-0.4, -0.2) is 30.3 Å². The van der Waals surface area contributed by atoms with E-state index in [0.717, 1.165) is 18.3 Å². The Morgan fingerprint density at radius 3 is 2.27 bits per heavy atom. The molecular formula is C16H27BN2O3. The van der Waals surface area contributed by atoms with Crippen LogP contribution in [0.1, 0.15) is 47.5 Å². The van der Waals surface area contributed by atoms with E-state index in [1.54, 1.807) is 6.08 Å². The summed E-state index contributed by atoms with van der Waals surface area (Å²) >= 11 is 0. The molecule has 0 bridgehead atoms. The van der Waals surface area contributed by atoms with Crippen LogP contribution in [0.2, 0.25) is 0 Å². The molecule has 1 heterocycles. The van der Waals surface area contributed by atoms with E-state index in [2.05, 4.69) is 5.32 Å². The predicted octanol–water partition coefficient (Wildman–Crippen LogP) is 1.93. The van der Waals surface area contributed by atoms with Gasteiger partial charge in [0.05, 0.1) is 11.2 Å². The van der Waals surface area contributed by atoms with Gasteiger partial charge in [0.25, 0.3) is 0 Å². The van der Waals surface area contributed by atoms with Crippen LogP contribution >= 0.6 is 0 Å². The molecule has 0 aromatic carbocycles. The standard InChI is InChI=1S/C16H27BN2O3/c1-11(19-14(20)12-6-7-12)10-13(8-9-18)17-21-15(2,3)16(4,5)22-17/h8-12H,6-7,18H2,1-5H3,(H,19,20)/b9-8-,13-10+. The molecule has 1 amide bonds. The minimum atomic E-state index is -0.481. The van der Waals surface area contributed by atoms with Crippen molar-refractivity contribution in [1.82, 2.24) is 5.32 Å². The zero-order valence-corrected chi connectivity index (χ0v) is 14.2. The highest BCUT2D eigenvalue weighted by Crippen LogP contribution is 2.38. The van der Waals surface area contributed by atoms with E-state index in [-0.39, 0.29) is 17.9 Å². The predicted molar refractivity (Wildman–Crippen MR) is 87.8 cm³/mol. The van der Waals surface area contributed by atoms with E-state index < -0.39 is 18.3 Å². The van der Waals surface area contributed by atoms with E-state index >= 15 is 0 Å². The monoisotopic (exact) mass is 306 g/mol. The second-order valence-corrected chi connectivity index (χ2v) is 7.19. The van der Waals surface area contributed by atoms with E-state index in [1.807, 2.05) is 40.7 Å². The van der Waals surface area contributed by atoms with Crippen LogP contribution in [0, 0.1) is 5.92 Å². The highest BCUT2D eigenvalue weighted by atomic mass is 16.7. The first-order chi connectivity index (χ1) is 10.2. The fraction of sp³-hybridized carbons (Fsp3) is 0.688. The Morgan fingerprint density at radius 1 is 1.27 bits per heavy atom. The van der Waals surface area contributed by atoms with Gasteiger partial charge in [0.1, 0.15) is 0 Å². The van der Waals surface area contributed by atoms with Crippen LogP contribution in [-0.2, 0) is 14.1 Å². The molecule has 0 aromatic heterocycles. The van der Waals surface area contributed by atoms with Crippen molar-refractivity contribution in [3.63, 3.8) is 0 Å². The molecular weight excluding hydrogens is 279 g/mol. The molecule has 22 heavy (non-hydrogen) atoms. The van der Waals surface area contributed by atoms with Gasteiger partial charge in [0.15, 0.2) is 0 Å². The highest BCUT2D eigenvalue weighted by molar-refractivity contribution is 6.55. The quantitative estimate of drug-likeness (QED) is 0.601. The molecule has 5 nitrogen and oxygen atoms in total. The lowest BCUT2D eigenvalue weighted by atomic mass is 9.77. The fourth-order valence-corrected chi connectivity index (χ4v) is 2.32. The van der Waals surface area contributed by atoms with Crippen molar-refractivity contribution in [1.29, 1.82) is 0 Å². The summed E-state index contributed by atoms with van der Waals surface area (Å²) in [6.07, 6.45) is 7.16. The van der Waals surface area contributed by atoms with E-state index in [9.17, 15) is 4.79 Å². The lowest BCUT2D eigenvalue weighted by molar-refractivity contribution is -0.122. The topological polar surface area (TPSA) is 73.6 Å². The van der Waals surface area contributed by atoms with Gasteiger partial charge < -0.3 is 20.4 Å².